The quantitative estimate of drug-likeness (QED) is 0.813. The predicted molar refractivity (Wildman–Crippen MR) is 80.4 cm³/mol. The summed E-state index contributed by atoms with van der Waals surface area (Å²) in [6.45, 7) is 3.77. The van der Waals surface area contributed by atoms with Crippen molar-refractivity contribution in [1.82, 2.24) is 0 Å². The molecule has 0 N–H and O–H groups in total. The number of benzene rings is 1. The van der Waals surface area contributed by atoms with E-state index in [0.29, 0.717) is 11.7 Å². The lowest BCUT2D eigenvalue weighted by atomic mass is 10.1. The van der Waals surface area contributed by atoms with Gasteiger partial charge in [0, 0.05) is 6.92 Å². The molecule has 5 nitrogen and oxygen atoms in total. The zero-order valence-electron chi connectivity index (χ0n) is 12.5. The number of hydrogen-bond acceptors (Lipinski definition) is 5. The van der Waals surface area contributed by atoms with Crippen molar-refractivity contribution >= 4 is 11.9 Å². The van der Waals surface area contributed by atoms with Crippen LogP contribution < -0.4 is 0 Å². The molecule has 114 valence electrons. The number of rotatable bonds is 4. The molecular weight excluding hydrogens is 282 g/mol. The van der Waals surface area contributed by atoms with E-state index in [4.69, 9.17) is 13.9 Å². The molecule has 1 aromatic carbocycles. The lowest BCUT2D eigenvalue weighted by molar-refractivity contribution is -0.148. The van der Waals surface area contributed by atoms with Gasteiger partial charge in [0.05, 0.1) is 0 Å². The van der Waals surface area contributed by atoms with Gasteiger partial charge >= 0.3 is 5.97 Å². The van der Waals surface area contributed by atoms with Crippen LogP contribution in [0.25, 0.3) is 0 Å². The van der Waals surface area contributed by atoms with E-state index in [9.17, 15) is 4.79 Å². The topological polar surface area (TPSA) is 61.0 Å². The fourth-order valence-electron chi connectivity index (χ4n) is 2.35. The van der Waals surface area contributed by atoms with Crippen molar-refractivity contribution in [3.05, 3.63) is 59.5 Å². The Hall–Kier alpha value is -2.56. The SMILES string of the molecule is CC1=NC(C(=O)OCc2ccccc2)C(c2ccc(C)o2)O1. The van der Waals surface area contributed by atoms with Crippen molar-refractivity contribution in [2.45, 2.75) is 32.6 Å². The molecule has 0 bridgehead atoms. The van der Waals surface area contributed by atoms with Crippen LogP contribution in [0.15, 0.2) is 51.9 Å². The number of hydrogen-bond donors (Lipinski definition) is 0. The van der Waals surface area contributed by atoms with Crippen LogP contribution in [-0.4, -0.2) is 17.9 Å². The van der Waals surface area contributed by atoms with E-state index < -0.39 is 18.1 Å². The third-order valence-corrected chi connectivity index (χ3v) is 3.41. The van der Waals surface area contributed by atoms with Crippen LogP contribution in [0.4, 0.5) is 0 Å². The number of esters is 1. The van der Waals surface area contributed by atoms with Gasteiger partial charge in [-0.05, 0) is 24.6 Å². The predicted octanol–water partition coefficient (Wildman–Crippen LogP) is 3.19. The first-order valence-corrected chi connectivity index (χ1v) is 7.11. The number of nitrogens with zero attached hydrogens (tertiary/aromatic N) is 1. The van der Waals surface area contributed by atoms with Gasteiger partial charge in [-0.2, -0.15) is 0 Å². The Labute approximate surface area is 128 Å². The summed E-state index contributed by atoms with van der Waals surface area (Å²) in [7, 11) is 0. The molecule has 3 rings (SSSR count). The second-order valence-corrected chi connectivity index (χ2v) is 5.17. The van der Waals surface area contributed by atoms with Crippen LogP contribution in [0.5, 0.6) is 0 Å². The summed E-state index contributed by atoms with van der Waals surface area (Å²) in [6, 6.07) is 12.4. The molecule has 0 amide bonds. The highest BCUT2D eigenvalue weighted by Gasteiger charge is 2.39. The first kappa shape index (κ1) is 14.4. The molecule has 0 aliphatic carbocycles. The summed E-state index contributed by atoms with van der Waals surface area (Å²) in [5.41, 5.74) is 0.931. The minimum absolute atomic E-state index is 0.217. The molecule has 2 unspecified atom stereocenters. The average molecular weight is 299 g/mol. The van der Waals surface area contributed by atoms with Gasteiger partial charge in [0.2, 0.25) is 0 Å². The number of aryl methyl sites for hydroxylation is 1. The van der Waals surface area contributed by atoms with Crippen molar-refractivity contribution in [1.29, 1.82) is 0 Å². The first-order chi connectivity index (χ1) is 10.6. The van der Waals surface area contributed by atoms with Crippen LogP contribution in [0.2, 0.25) is 0 Å². The zero-order chi connectivity index (χ0) is 15.5. The number of furan rings is 1. The van der Waals surface area contributed by atoms with Gasteiger partial charge in [0.25, 0.3) is 0 Å². The third kappa shape index (κ3) is 3.03. The van der Waals surface area contributed by atoms with E-state index in [0.717, 1.165) is 11.3 Å². The van der Waals surface area contributed by atoms with Gasteiger partial charge in [-0.15, -0.1) is 0 Å². The molecule has 1 aliphatic heterocycles. The maximum atomic E-state index is 12.3. The molecule has 22 heavy (non-hydrogen) atoms. The lowest BCUT2D eigenvalue weighted by Gasteiger charge is -2.14. The summed E-state index contributed by atoms with van der Waals surface area (Å²) >= 11 is 0. The van der Waals surface area contributed by atoms with Crippen LogP contribution in [0.1, 0.15) is 30.1 Å². The Morgan fingerprint density at radius 1 is 1.18 bits per heavy atom. The highest BCUT2D eigenvalue weighted by Crippen LogP contribution is 2.31. The standard InChI is InChI=1S/C17H17NO4/c1-11-8-9-14(21-11)16-15(18-12(2)22-16)17(19)20-10-13-6-4-3-5-7-13/h3-9,15-16H,10H2,1-2H3. The van der Waals surface area contributed by atoms with Crippen LogP contribution in [0.3, 0.4) is 0 Å². The number of aliphatic imine (C=N–C) groups is 1. The highest BCUT2D eigenvalue weighted by molar-refractivity contribution is 5.85. The van der Waals surface area contributed by atoms with Gasteiger partial charge < -0.3 is 13.9 Å². The molecule has 5 heteroatoms. The molecule has 0 spiro atoms. The lowest BCUT2D eigenvalue weighted by Crippen LogP contribution is -2.26. The maximum Gasteiger partial charge on any atom is 0.335 e. The van der Waals surface area contributed by atoms with Gasteiger partial charge in [0.15, 0.2) is 18.0 Å². The summed E-state index contributed by atoms with van der Waals surface area (Å²) in [5.74, 6) is 1.39. The fraction of sp³-hybridized carbons (Fsp3) is 0.294. The Morgan fingerprint density at radius 2 is 1.95 bits per heavy atom. The number of carbonyl (C=O) groups is 1. The van der Waals surface area contributed by atoms with Gasteiger partial charge in [-0.25, -0.2) is 9.79 Å². The van der Waals surface area contributed by atoms with Crippen molar-refractivity contribution in [2.24, 2.45) is 4.99 Å². The van der Waals surface area contributed by atoms with E-state index in [-0.39, 0.29) is 6.61 Å². The van der Waals surface area contributed by atoms with Crippen LogP contribution in [0, 0.1) is 6.92 Å². The second kappa shape index (κ2) is 6.05. The molecule has 2 atom stereocenters. The molecule has 0 radical (unpaired) electrons. The smallest absolute Gasteiger partial charge is 0.335 e. The van der Waals surface area contributed by atoms with E-state index in [1.165, 1.54) is 0 Å². The van der Waals surface area contributed by atoms with Crippen LogP contribution in [-0.2, 0) is 20.9 Å². The first-order valence-electron chi connectivity index (χ1n) is 7.11. The highest BCUT2D eigenvalue weighted by atomic mass is 16.5. The molecule has 0 saturated carbocycles. The number of ether oxygens (including phenoxy) is 2. The Kier molecular flexibility index (Phi) is 3.96. The molecule has 1 aliphatic rings. The van der Waals surface area contributed by atoms with Gasteiger partial charge in [0.1, 0.15) is 18.1 Å². The maximum absolute atomic E-state index is 12.3. The van der Waals surface area contributed by atoms with E-state index in [1.807, 2.05) is 43.3 Å². The molecule has 0 saturated heterocycles. The molecule has 2 heterocycles. The minimum Gasteiger partial charge on any atom is -0.467 e. The largest absolute Gasteiger partial charge is 0.467 e. The summed E-state index contributed by atoms with van der Waals surface area (Å²) in [4.78, 5) is 16.5. The minimum atomic E-state index is -0.728. The van der Waals surface area contributed by atoms with Gasteiger partial charge in [-0.3, -0.25) is 0 Å². The second-order valence-electron chi connectivity index (χ2n) is 5.17. The van der Waals surface area contributed by atoms with Crippen molar-refractivity contribution in [3.8, 4) is 0 Å². The van der Waals surface area contributed by atoms with Crippen LogP contribution >= 0.6 is 0 Å². The van der Waals surface area contributed by atoms with E-state index >= 15 is 0 Å². The van der Waals surface area contributed by atoms with E-state index in [1.54, 1.807) is 13.0 Å². The summed E-state index contributed by atoms with van der Waals surface area (Å²) in [5, 5.41) is 0. The number of carbonyl (C=O) groups excluding carboxylic acids is 1. The zero-order valence-corrected chi connectivity index (χ0v) is 12.5. The van der Waals surface area contributed by atoms with Crippen molar-refractivity contribution in [3.63, 3.8) is 0 Å². The Bertz CT molecular complexity index is 690. The molecular formula is C17H17NO4. The normalized spacial score (nSPS) is 20.4. The summed E-state index contributed by atoms with van der Waals surface area (Å²) in [6.07, 6.45) is -0.558. The summed E-state index contributed by atoms with van der Waals surface area (Å²) < 4.78 is 16.5. The average Bonchev–Trinajstić information content (AvgIpc) is 3.11. The van der Waals surface area contributed by atoms with Crippen molar-refractivity contribution in [2.75, 3.05) is 0 Å². The van der Waals surface area contributed by atoms with E-state index in [2.05, 4.69) is 4.99 Å². The van der Waals surface area contributed by atoms with Crippen molar-refractivity contribution < 1.29 is 18.7 Å². The Morgan fingerprint density at radius 3 is 2.64 bits per heavy atom. The third-order valence-electron chi connectivity index (χ3n) is 3.41. The monoisotopic (exact) mass is 299 g/mol. The Balaban J connectivity index is 1.69. The molecule has 0 fully saturated rings. The fourth-order valence-corrected chi connectivity index (χ4v) is 2.35. The van der Waals surface area contributed by atoms with Gasteiger partial charge in [-0.1, -0.05) is 30.3 Å². The molecule has 2 aromatic rings. The molecule has 1 aromatic heterocycles.